The molecule has 5 heteroatoms. The van der Waals surface area contributed by atoms with E-state index in [4.69, 9.17) is 10.3 Å². The van der Waals surface area contributed by atoms with Gasteiger partial charge >= 0.3 is 0 Å². The van der Waals surface area contributed by atoms with Crippen LogP contribution in [0.2, 0.25) is 0 Å². The van der Waals surface area contributed by atoms with Crippen molar-refractivity contribution < 1.29 is 4.74 Å². The molecule has 0 fully saturated rings. The second-order valence-electron chi connectivity index (χ2n) is 2.58. The molecule has 0 radical (unpaired) electrons. The van der Waals surface area contributed by atoms with E-state index in [1.165, 1.54) is 0 Å². The molecule has 0 aliphatic rings. The Morgan fingerprint density at radius 3 is 3.27 bits per heavy atom. The molecule has 1 aromatic heterocycles. The average Bonchev–Trinajstić information content (AvgIpc) is 2.29. The molecule has 0 amide bonds. The topological polar surface area (TPSA) is 70.9 Å². The Labute approximate surface area is 87.7 Å². The van der Waals surface area contributed by atoms with Crippen LogP contribution in [0.15, 0.2) is 23.6 Å². The van der Waals surface area contributed by atoms with E-state index < -0.39 is 0 Å². The van der Waals surface area contributed by atoms with Crippen molar-refractivity contribution >= 4 is 0 Å². The molecule has 0 aromatic carbocycles. The van der Waals surface area contributed by atoms with Crippen molar-refractivity contribution in [2.24, 2.45) is 5.11 Å². The number of hydrogen-bond donors (Lipinski definition) is 0. The summed E-state index contributed by atoms with van der Waals surface area (Å²) in [7, 11) is 1.58. The molecular formula is C10H10N4O. The lowest BCUT2D eigenvalue weighted by Crippen LogP contribution is -1.88. The van der Waals surface area contributed by atoms with Gasteiger partial charge in [0.15, 0.2) is 0 Å². The van der Waals surface area contributed by atoms with Crippen molar-refractivity contribution in [3.8, 4) is 17.6 Å². The summed E-state index contributed by atoms with van der Waals surface area (Å²) in [6, 6.07) is 1.75. The lowest BCUT2D eigenvalue weighted by Gasteiger charge is -1.99. The lowest BCUT2D eigenvalue weighted by molar-refractivity contribution is 0.413. The van der Waals surface area contributed by atoms with Crippen LogP contribution in [0.5, 0.6) is 5.75 Å². The summed E-state index contributed by atoms with van der Waals surface area (Å²) in [5.41, 5.74) is 8.78. The summed E-state index contributed by atoms with van der Waals surface area (Å²) >= 11 is 0. The number of hydrogen-bond acceptors (Lipinski definition) is 3. The van der Waals surface area contributed by atoms with E-state index in [1.807, 2.05) is 0 Å². The maximum Gasteiger partial charge on any atom is 0.137 e. The number of aromatic nitrogens is 1. The first kappa shape index (κ1) is 10.9. The monoisotopic (exact) mass is 202 g/mol. The molecule has 0 aliphatic carbocycles. The molecule has 5 nitrogen and oxygen atoms in total. The molecule has 0 unspecified atom stereocenters. The third kappa shape index (κ3) is 3.59. The van der Waals surface area contributed by atoms with Gasteiger partial charge in [-0.25, -0.2) is 0 Å². The standard InChI is InChI=1S/C10H10N4O/c1-15-10-5-7-12-8-9(10)4-2-3-6-13-14-11/h5,7-8H,3,6H2,1H3. The third-order valence-corrected chi connectivity index (χ3v) is 1.62. The molecular weight excluding hydrogens is 192 g/mol. The minimum Gasteiger partial charge on any atom is -0.495 e. The lowest BCUT2D eigenvalue weighted by atomic mass is 10.2. The van der Waals surface area contributed by atoms with Gasteiger partial charge in [0.05, 0.1) is 12.7 Å². The molecule has 1 aromatic rings. The number of nitrogens with zero attached hydrogens (tertiary/aromatic N) is 4. The summed E-state index contributed by atoms with van der Waals surface area (Å²) in [6.07, 6.45) is 3.81. The molecule has 0 atom stereocenters. The Morgan fingerprint density at radius 2 is 2.53 bits per heavy atom. The van der Waals surface area contributed by atoms with Gasteiger partial charge in [0.25, 0.3) is 0 Å². The highest BCUT2D eigenvalue weighted by Gasteiger charge is 1.96. The second-order valence-corrected chi connectivity index (χ2v) is 2.58. The molecule has 15 heavy (non-hydrogen) atoms. The van der Waals surface area contributed by atoms with E-state index in [2.05, 4.69) is 26.9 Å². The van der Waals surface area contributed by atoms with E-state index in [9.17, 15) is 0 Å². The normalized spacial score (nSPS) is 8.33. The molecule has 0 saturated heterocycles. The number of ether oxygens (including phenoxy) is 1. The van der Waals surface area contributed by atoms with Gasteiger partial charge in [-0.1, -0.05) is 17.0 Å². The Kier molecular flexibility index (Phi) is 4.58. The van der Waals surface area contributed by atoms with E-state index in [-0.39, 0.29) is 0 Å². The van der Waals surface area contributed by atoms with Gasteiger partial charge in [-0.05, 0) is 11.6 Å². The van der Waals surface area contributed by atoms with Crippen LogP contribution in [0, 0.1) is 11.8 Å². The highest BCUT2D eigenvalue weighted by atomic mass is 16.5. The van der Waals surface area contributed by atoms with Gasteiger partial charge in [-0.2, -0.15) is 0 Å². The molecule has 0 saturated carbocycles. The van der Waals surface area contributed by atoms with Gasteiger partial charge in [0.1, 0.15) is 5.75 Å². The molecule has 0 aliphatic heterocycles. The summed E-state index contributed by atoms with van der Waals surface area (Å²) < 4.78 is 5.10. The first-order valence-corrected chi connectivity index (χ1v) is 4.36. The minimum atomic E-state index is 0.381. The minimum absolute atomic E-state index is 0.381. The van der Waals surface area contributed by atoms with E-state index >= 15 is 0 Å². The maximum absolute atomic E-state index is 8.04. The molecule has 0 spiro atoms. The molecule has 1 heterocycles. The van der Waals surface area contributed by atoms with Crippen molar-refractivity contribution in [2.75, 3.05) is 13.7 Å². The van der Waals surface area contributed by atoms with Gasteiger partial charge in [-0.15, -0.1) is 0 Å². The van der Waals surface area contributed by atoms with Crippen molar-refractivity contribution in [3.63, 3.8) is 0 Å². The second kappa shape index (κ2) is 6.30. The van der Waals surface area contributed by atoms with Crippen molar-refractivity contribution in [3.05, 3.63) is 34.5 Å². The van der Waals surface area contributed by atoms with E-state index in [1.54, 1.807) is 25.6 Å². The zero-order valence-electron chi connectivity index (χ0n) is 8.34. The Morgan fingerprint density at radius 1 is 1.67 bits per heavy atom. The third-order valence-electron chi connectivity index (χ3n) is 1.62. The molecule has 0 bridgehead atoms. The first-order valence-electron chi connectivity index (χ1n) is 4.36. The van der Waals surface area contributed by atoms with Gasteiger partial charge in [0.2, 0.25) is 0 Å². The highest BCUT2D eigenvalue weighted by Crippen LogP contribution is 2.13. The fourth-order valence-corrected chi connectivity index (χ4v) is 0.962. The zero-order chi connectivity index (χ0) is 10.9. The van der Waals surface area contributed by atoms with Gasteiger partial charge < -0.3 is 4.74 Å². The number of methoxy groups -OCH3 is 1. The van der Waals surface area contributed by atoms with Crippen LogP contribution >= 0.6 is 0 Å². The van der Waals surface area contributed by atoms with Gasteiger partial charge in [-0.3, -0.25) is 4.98 Å². The number of azide groups is 1. The molecule has 1 rings (SSSR count). The predicted octanol–water partition coefficient (Wildman–Crippen LogP) is 2.14. The van der Waals surface area contributed by atoms with Crippen molar-refractivity contribution in [1.29, 1.82) is 0 Å². The van der Waals surface area contributed by atoms with Crippen molar-refractivity contribution in [1.82, 2.24) is 4.98 Å². The van der Waals surface area contributed by atoms with Crippen LogP contribution in [-0.2, 0) is 0 Å². The first-order chi connectivity index (χ1) is 7.38. The number of rotatable bonds is 3. The van der Waals surface area contributed by atoms with Crippen LogP contribution < -0.4 is 4.74 Å². The van der Waals surface area contributed by atoms with E-state index in [0.717, 1.165) is 5.56 Å². The van der Waals surface area contributed by atoms with Gasteiger partial charge in [0, 0.05) is 30.3 Å². The zero-order valence-corrected chi connectivity index (χ0v) is 8.34. The summed E-state index contributed by atoms with van der Waals surface area (Å²) in [4.78, 5) is 6.58. The largest absolute Gasteiger partial charge is 0.495 e. The quantitative estimate of drug-likeness (QED) is 0.247. The Bertz CT molecular complexity index is 427. The van der Waals surface area contributed by atoms with Crippen LogP contribution in [0.3, 0.4) is 0 Å². The van der Waals surface area contributed by atoms with Crippen LogP contribution in [0.4, 0.5) is 0 Å². The Balaban J connectivity index is 2.66. The van der Waals surface area contributed by atoms with Crippen LogP contribution in [0.25, 0.3) is 10.4 Å². The smallest absolute Gasteiger partial charge is 0.137 e. The van der Waals surface area contributed by atoms with Crippen LogP contribution in [-0.4, -0.2) is 18.6 Å². The van der Waals surface area contributed by atoms with Crippen molar-refractivity contribution in [2.45, 2.75) is 6.42 Å². The maximum atomic E-state index is 8.04. The number of pyridine rings is 1. The highest BCUT2D eigenvalue weighted by molar-refractivity contribution is 5.43. The average molecular weight is 202 g/mol. The summed E-state index contributed by atoms with van der Waals surface area (Å²) in [5.74, 6) is 6.47. The SMILES string of the molecule is COc1ccncc1C#CCCN=[N+]=[N-]. The fraction of sp³-hybridized carbons (Fsp3) is 0.300. The molecule has 76 valence electrons. The van der Waals surface area contributed by atoms with Crippen LogP contribution in [0.1, 0.15) is 12.0 Å². The Hall–Kier alpha value is -2.18. The molecule has 0 N–H and O–H groups in total. The summed E-state index contributed by atoms with van der Waals surface area (Å²) in [6.45, 7) is 0.381. The predicted molar refractivity (Wildman–Crippen MR) is 56.3 cm³/mol. The fourth-order valence-electron chi connectivity index (χ4n) is 0.962. The summed E-state index contributed by atoms with van der Waals surface area (Å²) in [5, 5.41) is 3.38. The van der Waals surface area contributed by atoms with E-state index in [0.29, 0.717) is 18.7 Å².